The van der Waals surface area contributed by atoms with Crippen molar-refractivity contribution < 1.29 is 13.6 Å². The highest BCUT2D eigenvalue weighted by atomic mass is 28.4. The Bertz CT molecular complexity index is 155. The lowest BCUT2D eigenvalue weighted by Gasteiger charge is -2.23. The van der Waals surface area contributed by atoms with Gasteiger partial charge in [0, 0.05) is 20.8 Å². The van der Waals surface area contributed by atoms with E-state index in [1.54, 1.807) is 14.2 Å². The van der Waals surface area contributed by atoms with Crippen molar-refractivity contribution in [1.82, 2.24) is 0 Å². The Morgan fingerprint density at radius 1 is 1.14 bits per heavy atom. The van der Waals surface area contributed by atoms with Gasteiger partial charge in [0.2, 0.25) is 0 Å². The maximum absolute atomic E-state index is 5.49. The minimum absolute atomic E-state index is 0.574. The van der Waals surface area contributed by atoms with E-state index in [2.05, 4.69) is 19.9 Å². The second kappa shape index (κ2) is 8.17. The van der Waals surface area contributed by atoms with Crippen LogP contribution in [0, 0.1) is 0 Å². The van der Waals surface area contributed by atoms with Gasteiger partial charge in [-0.1, -0.05) is 19.9 Å². The van der Waals surface area contributed by atoms with Gasteiger partial charge in [0.1, 0.15) is 0 Å². The van der Waals surface area contributed by atoms with E-state index >= 15 is 0 Å². The monoisotopic (exact) mass is 218 g/mol. The number of allylic oxidation sites excluding steroid dienone is 1. The molecule has 0 N–H and O–H groups in total. The molecule has 0 radical (unpaired) electrons. The van der Waals surface area contributed by atoms with E-state index in [0.29, 0.717) is 6.23 Å². The van der Waals surface area contributed by atoms with Crippen LogP contribution in [0.2, 0.25) is 0 Å². The zero-order valence-corrected chi connectivity index (χ0v) is 10.7. The molecule has 0 fully saturated rings. The van der Waals surface area contributed by atoms with Crippen LogP contribution in [0.15, 0.2) is 11.8 Å². The zero-order chi connectivity index (χ0) is 10.9. The molecular formula is C10H22O3Si. The summed E-state index contributed by atoms with van der Waals surface area (Å²) in [4.78, 5) is 0. The summed E-state index contributed by atoms with van der Waals surface area (Å²) in [6, 6.07) is 0. The third kappa shape index (κ3) is 4.90. The second-order valence-corrected chi connectivity index (χ2v) is 6.15. The topological polar surface area (TPSA) is 27.7 Å². The molecule has 0 unspecified atom stereocenters. The first kappa shape index (κ1) is 13.8. The van der Waals surface area contributed by atoms with Crippen molar-refractivity contribution in [2.45, 2.75) is 26.7 Å². The fraction of sp³-hybridized carbons (Fsp3) is 0.800. The maximum Gasteiger partial charge on any atom is 0.390 e. The number of ether oxygens (including phenoxy) is 1. The number of rotatable bonds is 8. The predicted octanol–water partition coefficient (Wildman–Crippen LogP) is 2.19. The average Bonchev–Trinajstić information content (AvgIpc) is 2.24. The van der Waals surface area contributed by atoms with E-state index in [0.717, 1.165) is 19.4 Å². The molecule has 0 aromatic rings. The summed E-state index contributed by atoms with van der Waals surface area (Å²) in [5.74, 6) is 0. The highest BCUT2D eigenvalue weighted by molar-refractivity contribution is 6.72. The van der Waals surface area contributed by atoms with Crippen LogP contribution in [0.4, 0.5) is 0 Å². The first-order chi connectivity index (χ1) is 6.74. The summed E-state index contributed by atoms with van der Waals surface area (Å²) < 4.78 is 16.4. The average molecular weight is 218 g/mol. The lowest BCUT2D eigenvalue weighted by atomic mass is 10.5. The molecule has 0 aromatic carbocycles. The summed E-state index contributed by atoms with van der Waals surface area (Å²) in [5, 5.41) is 0. The molecule has 4 heteroatoms. The Kier molecular flexibility index (Phi) is 8.08. The number of hydrogen-bond acceptors (Lipinski definition) is 3. The van der Waals surface area contributed by atoms with Crippen molar-refractivity contribution in [1.29, 1.82) is 0 Å². The van der Waals surface area contributed by atoms with Crippen molar-refractivity contribution in [3.63, 3.8) is 0 Å². The quantitative estimate of drug-likeness (QED) is 0.462. The maximum atomic E-state index is 5.49. The van der Waals surface area contributed by atoms with E-state index in [1.165, 1.54) is 0 Å². The van der Waals surface area contributed by atoms with Gasteiger partial charge in [-0.05, 0) is 18.5 Å². The molecule has 0 amide bonds. The molecule has 0 atom stereocenters. The van der Waals surface area contributed by atoms with Crippen LogP contribution in [0.1, 0.15) is 26.7 Å². The highest BCUT2D eigenvalue weighted by Gasteiger charge is 2.32. The summed E-state index contributed by atoms with van der Waals surface area (Å²) in [7, 11) is 1.17. The minimum Gasteiger partial charge on any atom is -0.393 e. The molecule has 0 aliphatic heterocycles. The molecule has 14 heavy (non-hydrogen) atoms. The first-order valence-corrected chi connectivity index (χ1v) is 7.20. The first-order valence-electron chi connectivity index (χ1n) is 5.10. The normalized spacial score (nSPS) is 12.6. The van der Waals surface area contributed by atoms with E-state index < -0.39 is 8.56 Å². The minimum atomic E-state index is -2.20. The van der Waals surface area contributed by atoms with Gasteiger partial charge in [-0.25, -0.2) is 0 Å². The fourth-order valence-corrected chi connectivity index (χ4v) is 2.84. The van der Waals surface area contributed by atoms with Crippen LogP contribution < -0.4 is 0 Å². The van der Waals surface area contributed by atoms with E-state index in [9.17, 15) is 0 Å². The fourth-order valence-electron chi connectivity index (χ4n) is 1.04. The molecular weight excluding hydrogens is 196 g/mol. The predicted molar refractivity (Wildman–Crippen MR) is 60.3 cm³/mol. The Hall–Kier alpha value is -0.163. The summed E-state index contributed by atoms with van der Waals surface area (Å²) in [6.07, 6.45) is 4.67. The van der Waals surface area contributed by atoms with Crippen molar-refractivity contribution >= 4 is 8.56 Å². The van der Waals surface area contributed by atoms with Crippen LogP contribution in [0.5, 0.6) is 0 Å². The summed E-state index contributed by atoms with van der Waals surface area (Å²) in [5.41, 5.74) is 2.04. The lowest BCUT2D eigenvalue weighted by Crippen LogP contribution is -2.44. The Morgan fingerprint density at radius 3 is 2.21 bits per heavy atom. The van der Waals surface area contributed by atoms with Gasteiger partial charge in [-0.2, -0.15) is 0 Å². The Labute approximate surface area is 88.3 Å². The molecule has 0 rings (SSSR count). The molecule has 84 valence electrons. The highest BCUT2D eigenvalue weighted by Crippen LogP contribution is 2.08. The molecule has 0 bridgehead atoms. The third-order valence-electron chi connectivity index (χ3n) is 1.95. The Morgan fingerprint density at radius 2 is 1.79 bits per heavy atom. The van der Waals surface area contributed by atoms with Crippen LogP contribution in [-0.2, 0) is 13.6 Å². The van der Waals surface area contributed by atoms with Crippen LogP contribution in [-0.4, -0.2) is 35.6 Å². The molecule has 0 aliphatic rings. The molecule has 0 saturated carbocycles. The standard InChI is InChI=1S/C10H22O3Si/c1-5-7-9-14(11-3,12-4)10-13-8-6-2/h7,9H,5-6,8,10H2,1-4H3. The smallest absolute Gasteiger partial charge is 0.390 e. The van der Waals surface area contributed by atoms with E-state index in [1.807, 2.05) is 5.70 Å². The molecule has 0 aliphatic carbocycles. The SMILES string of the molecule is CCC=C[Si](COCCC)(OC)OC. The lowest BCUT2D eigenvalue weighted by molar-refractivity contribution is 0.130. The van der Waals surface area contributed by atoms with E-state index in [-0.39, 0.29) is 0 Å². The van der Waals surface area contributed by atoms with Gasteiger partial charge in [0.15, 0.2) is 0 Å². The summed E-state index contributed by atoms with van der Waals surface area (Å²) >= 11 is 0. The number of hydrogen-bond donors (Lipinski definition) is 0. The van der Waals surface area contributed by atoms with Gasteiger partial charge in [0.25, 0.3) is 0 Å². The zero-order valence-electron chi connectivity index (χ0n) is 9.71. The van der Waals surface area contributed by atoms with Crippen molar-refractivity contribution in [3.05, 3.63) is 11.8 Å². The van der Waals surface area contributed by atoms with Gasteiger partial charge in [0.05, 0.1) is 6.23 Å². The largest absolute Gasteiger partial charge is 0.393 e. The Balaban J connectivity index is 4.14. The third-order valence-corrected chi connectivity index (χ3v) is 4.68. The molecule has 3 nitrogen and oxygen atoms in total. The molecule has 0 heterocycles. The van der Waals surface area contributed by atoms with Gasteiger partial charge >= 0.3 is 8.56 Å². The van der Waals surface area contributed by atoms with Crippen LogP contribution in [0.25, 0.3) is 0 Å². The molecule has 0 spiro atoms. The van der Waals surface area contributed by atoms with Gasteiger partial charge in [-0.3, -0.25) is 0 Å². The molecule has 0 saturated heterocycles. The van der Waals surface area contributed by atoms with Crippen LogP contribution in [0.3, 0.4) is 0 Å². The summed E-state index contributed by atoms with van der Waals surface area (Å²) in [6.45, 7) is 4.94. The van der Waals surface area contributed by atoms with Gasteiger partial charge in [-0.15, -0.1) is 0 Å². The van der Waals surface area contributed by atoms with Crippen molar-refractivity contribution in [2.75, 3.05) is 27.1 Å². The van der Waals surface area contributed by atoms with Crippen molar-refractivity contribution in [2.24, 2.45) is 0 Å². The molecule has 0 aromatic heterocycles. The van der Waals surface area contributed by atoms with Crippen molar-refractivity contribution in [3.8, 4) is 0 Å². The second-order valence-electron chi connectivity index (χ2n) is 3.08. The van der Waals surface area contributed by atoms with E-state index in [4.69, 9.17) is 13.6 Å². The van der Waals surface area contributed by atoms with Gasteiger partial charge < -0.3 is 13.6 Å². The van der Waals surface area contributed by atoms with Crippen LogP contribution >= 0.6 is 0 Å².